The summed E-state index contributed by atoms with van der Waals surface area (Å²) in [7, 11) is 0. The number of hydrogen-bond acceptors (Lipinski definition) is 3. The summed E-state index contributed by atoms with van der Waals surface area (Å²) in [5.74, 6) is 1.58. The van der Waals surface area contributed by atoms with Gasteiger partial charge in [-0.1, -0.05) is 15.9 Å². The van der Waals surface area contributed by atoms with Crippen LogP contribution in [0.4, 0.5) is 0 Å². The van der Waals surface area contributed by atoms with Crippen LogP contribution in [0.1, 0.15) is 36.6 Å². The molecular formula is C15H18BrClO3. The minimum absolute atomic E-state index is 0.0790. The van der Waals surface area contributed by atoms with Crippen LogP contribution in [-0.2, 0) is 4.74 Å². The van der Waals surface area contributed by atoms with Crippen LogP contribution in [0.5, 0.6) is 11.5 Å². The summed E-state index contributed by atoms with van der Waals surface area (Å²) in [5, 5.41) is -0.0790. The zero-order valence-electron chi connectivity index (χ0n) is 11.2. The predicted octanol–water partition coefficient (Wildman–Crippen LogP) is 4.46. The minimum Gasteiger partial charge on any atom is -0.490 e. The van der Waals surface area contributed by atoms with Crippen molar-refractivity contribution < 1.29 is 14.2 Å². The molecule has 110 valence electrons. The normalized spacial score (nSPS) is 23.4. The fraction of sp³-hybridized carbons (Fsp3) is 0.600. The highest BCUT2D eigenvalue weighted by atomic mass is 79.9. The van der Waals surface area contributed by atoms with E-state index < -0.39 is 0 Å². The maximum atomic E-state index is 6.57. The van der Waals surface area contributed by atoms with Crippen LogP contribution in [-0.4, -0.2) is 25.9 Å². The molecule has 1 saturated heterocycles. The first-order valence-electron chi connectivity index (χ1n) is 7.09. The van der Waals surface area contributed by atoms with Gasteiger partial charge in [0.25, 0.3) is 0 Å². The summed E-state index contributed by atoms with van der Waals surface area (Å²) in [4.78, 5) is 0. The Kier molecular flexibility index (Phi) is 4.74. The monoisotopic (exact) mass is 360 g/mol. The van der Waals surface area contributed by atoms with Crippen LogP contribution < -0.4 is 9.47 Å². The summed E-state index contributed by atoms with van der Waals surface area (Å²) in [6.07, 6.45) is 4.25. The summed E-state index contributed by atoms with van der Waals surface area (Å²) >= 11 is 10.2. The number of ether oxygens (including phenoxy) is 3. The molecule has 5 heteroatoms. The molecule has 20 heavy (non-hydrogen) atoms. The maximum Gasteiger partial charge on any atom is 0.162 e. The third-order valence-electron chi connectivity index (χ3n) is 3.70. The molecule has 0 saturated carbocycles. The number of fused-ring (bicyclic) bond motifs is 1. The lowest BCUT2D eigenvalue weighted by Gasteiger charge is -2.18. The van der Waals surface area contributed by atoms with Gasteiger partial charge in [0.05, 0.1) is 24.7 Å². The topological polar surface area (TPSA) is 27.7 Å². The number of rotatable bonds is 3. The van der Waals surface area contributed by atoms with E-state index >= 15 is 0 Å². The third-order valence-corrected chi connectivity index (χ3v) is 4.80. The molecule has 0 radical (unpaired) electrons. The molecule has 3 nitrogen and oxygen atoms in total. The molecule has 0 spiro atoms. The van der Waals surface area contributed by atoms with E-state index in [4.69, 9.17) is 25.8 Å². The van der Waals surface area contributed by atoms with E-state index in [0.29, 0.717) is 13.2 Å². The predicted molar refractivity (Wildman–Crippen MR) is 81.9 cm³/mol. The van der Waals surface area contributed by atoms with Crippen molar-refractivity contribution in [2.24, 2.45) is 0 Å². The lowest BCUT2D eigenvalue weighted by molar-refractivity contribution is 0.103. The zero-order valence-corrected chi connectivity index (χ0v) is 13.6. The van der Waals surface area contributed by atoms with Crippen molar-refractivity contribution in [3.63, 3.8) is 0 Å². The second-order valence-corrected chi connectivity index (χ2v) is 6.59. The number of hydrogen-bond donors (Lipinski definition) is 0. The van der Waals surface area contributed by atoms with E-state index in [-0.39, 0.29) is 11.5 Å². The van der Waals surface area contributed by atoms with Crippen LogP contribution in [0.25, 0.3) is 0 Å². The second kappa shape index (κ2) is 6.54. The minimum atomic E-state index is -0.0790. The van der Waals surface area contributed by atoms with Gasteiger partial charge in [-0.05, 0) is 37.0 Å². The van der Waals surface area contributed by atoms with Gasteiger partial charge in [-0.15, -0.1) is 11.6 Å². The Morgan fingerprint density at radius 2 is 1.90 bits per heavy atom. The van der Waals surface area contributed by atoms with Crippen molar-refractivity contribution in [2.45, 2.75) is 37.2 Å². The molecule has 1 aromatic rings. The van der Waals surface area contributed by atoms with Crippen molar-refractivity contribution in [3.05, 3.63) is 22.2 Å². The van der Waals surface area contributed by atoms with Gasteiger partial charge in [0.1, 0.15) is 0 Å². The molecule has 0 aromatic heterocycles. The van der Waals surface area contributed by atoms with Crippen molar-refractivity contribution in [2.75, 3.05) is 19.8 Å². The molecule has 3 rings (SSSR count). The molecule has 1 fully saturated rings. The fourth-order valence-electron chi connectivity index (χ4n) is 2.63. The Morgan fingerprint density at radius 1 is 1.15 bits per heavy atom. The molecular weight excluding hydrogens is 344 g/mol. The molecule has 2 atom stereocenters. The Labute approximate surface area is 132 Å². The van der Waals surface area contributed by atoms with Crippen LogP contribution in [0.3, 0.4) is 0 Å². The molecule has 0 bridgehead atoms. The van der Waals surface area contributed by atoms with Gasteiger partial charge in [-0.2, -0.15) is 0 Å². The van der Waals surface area contributed by atoms with Gasteiger partial charge in [0.2, 0.25) is 0 Å². The Bertz CT molecular complexity index is 474. The first kappa shape index (κ1) is 14.5. The van der Waals surface area contributed by atoms with E-state index in [0.717, 1.165) is 53.8 Å². The van der Waals surface area contributed by atoms with E-state index in [1.165, 1.54) is 0 Å². The average molecular weight is 362 g/mol. The second-order valence-electron chi connectivity index (χ2n) is 5.21. The first-order valence-corrected chi connectivity index (χ1v) is 8.31. The highest BCUT2D eigenvalue weighted by Gasteiger charge is 2.24. The van der Waals surface area contributed by atoms with Gasteiger partial charge < -0.3 is 14.2 Å². The highest BCUT2D eigenvalue weighted by Crippen LogP contribution is 2.41. The van der Waals surface area contributed by atoms with E-state index in [1.807, 2.05) is 12.1 Å². The summed E-state index contributed by atoms with van der Waals surface area (Å²) in [6.45, 7) is 2.24. The highest BCUT2D eigenvalue weighted by molar-refractivity contribution is 9.10. The largest absolute Gasteiger partial charge is 0.490 e. The lowest BCUT2D eigenvalue weighted by atomic mass is 10.0. The molecule has 2 heterocycles. The fourth-order valence-corrected chi connectivity index (χ4v) is 3.74. The standard InChI is InChI=1S/C15H18BrClO3/c16-12-9-15-14(19-5-2-6-20-15)8-11(12)13(17)7-10-3-1-4-18-10/h8-10,13H,1-7H2. The number of benzene rings is 1. The van der Waals surface area contributed by atoms with E-state index in [9.17, 15) is 0 Å². The third kappa shape index (κ3) is 3.23. The van der Waals surface area contributed by atoms with E-state index in [2.05, 4.69) is 15.9 Å². The Balaban J connectivity index is 1.79. The summed E-state index contributed by atoms with van der Waals surface area (Å²) in [5.41, 5.74) is 1.05. The van der Waals surface area contributed by atoms with Crippen molar-refractivity contribution in [3.8, 4) is 11.5 Å². The van der Waals surface area contributed by atoms with Crippen LogP contribution in [0.2, 0.25) is 0 Å². The summed E-state index contributed by atoms with van der Waals surface area (Å²) < 4.78 is 18.0. The first-order chi connectivity index (χ1) is 9.74. The van der Waals surface area contributed by atoms with Gasteiger partial charge in [-0.25, -0.2) is 0 Å². The average Bonchev–Trinajstić information content (AvgIpc) is 2.82. The quantitative estimate of drug-likeness (QED) is 0.744. The Morgan fingerprint density at radius 3 is 2.60 bits per heavy atom. The maximum absolute atomic E-state index is 6.57. The SMILES string of the molecule is ClC(CC1CCCO1)c1cc2c(cc1Br)OCCCO2. The summed E-state index contributed by atoms with van der Waals surface area (Å²) in [6, 6.07) is 3.96. The molecule has 1 aromatic carbocycles. The van der Waals surface area contributed by atoms with Gasteiger partial charge in [0.15, 0.2) is 11.5 Å². The molecule has 0 aliphatic carbocycles. The number of alkyl halides is 1. The van der Waals surface area contributed by atoms with Crippen LogP contribution in [0.15, 0.2) is 16.6 Å². The van der Waals surface area contributed by atoms with Crippen LogP contribution >= 0.6 is 27.5 Å². The van der Waals surface area contributed by atoms with Gasteiger partial charge in [0, 0.05) is 17.5 Å². The van der Waals surface area contributed by atoms with Crippen molar-refractivity contribution in [1.29, 1.82) is 0 Å². The molecule has 2 aliphatic heterocycles. The molecule has 2 unspecified atom stereocenters. The van der Waals surface area contributed by atoms with Crippen molar-refractivity contribution in [1.82, 2.24) is 0 Å². The Hall–Kier alpha value is -0.450. The van der Waals surface area contributed by atoms with E-state index in [1.54, 1.807) is 0 Å². The molecule has 2 aliphatic rings. The van der Waals surface area contributed by atoms with Gasteiger partial charge >= 0.3 is 0 Å². The smallest absolute Gasteiger partial charge is 0.162 e. The molecule has 0 amide bonds. The molecule has 0 N–H and O–H groups in total. The lowest BCUT2D eigenvalue weighted by Crippen LogP contribution is -2.09. The zero-order chi connectivity index (χ0) is 13.9. The van der Waals surface area contributed by atoms with Gasteiger partial charge in [-0.3, -0.25) is 0 Å². The number of halogens is 2. The van der Waals surface area contributed by atoms with Crippen molar-refractivity contribution >= 4 is 27.5 Å². The van der Waals surface area contributed by atoms with Crippen LogP contribution in [0, 0.1) is 0 Å².